The number of carbonyl (C=O) groups is 1. The molecule has 186 valence electrons. The van der Waals surface area contributed by atoms with Crippen molar-refractivity contribution in [1.29, 1.82) is 0 Å². The van der Waals surface area contributed by atoms with E-state index in [0.29, 0.717) is 17.2 Å². The molecule has 1 saturated heterocycles. The number of fused-ring (bicyclic) bond motifs is 1. The largest absolute Gasteiger partial charge is 0.330 e. The van der Waals surface area contributed by atoms with Gasteiger partial charge in [0.25, 0.3) is 5.91 Å². The molecule has 1 aliphatic rings. The van der Waals surface area contributed by atoms with Gasteiger partial charge >= 0.3 is 0 Å². The lowest BCUT2D eigenvalue weighted by Crippen LogP contribution is -2.39. The highest BCUT2D eigenvalue weighted by molar-refractivity contribution is 7.92. The van der Waals surface area contributed by atoms with Crippen molar-refractivity contribution in [2.45, 2.75) is 32.2 Å². The minimum atomic E-state index is -3.58. The summed E-state index contributed by atoms with van der Waals surface area (Å²) >= 11 is 6.19. The fraction of sp³-hybridized carbons (Fsp3) is 0.269. The van der Waals surface area contributed by atoms with E-state index >= 15 is 0 Å². The molecule has 3 heterocycles. The highest BCUT2D eigenvalue weighted by atomic mass is 35.5. The lowest BCUT2D eigenvalue weighted by Gasteiger charge is -2.35. The molecule has 1 amide bonds. The molecule has 2 aromatic heterocycles. The Morgan fingerprint density at radius 1 is 1.11 bits per heavy atom. The number of hydrogen-bond acceptors (Lipinski definition) is 5. The Balaban J connectivity index is 1.52. The van der Waals surface area contributed by atoms with E-state index < -0.39 is 10.0 Å². The van der Waals surface area contributed by atoms with Crippen LogP contribution in [0.5, 0.6) is 0 Å². The van der Waals surface area contributed by atoms with E-state index in [1.807, 2.05) is 49.5 Å². The van der Waals surface area contributed by atoms with Crippen molar-refractivity contribution in [3.05, 3.63) is 82.6 Å². The fourth-order valence-electron chi connectivity index (χ4n) is 4.70. The molecule has 5 rings (SSSR count). The third kappa shape index (κ3) is 4.94. The summed E-state index contributed by atoms with van der Waals surface area (Å²) in [5, 5.41) is 5.13. The monoisotopic (exact) mass is 523 g/mol. The number of rotatable bonds is 5. The molecule has 1 atom stereocenters. The average molecular weight is 524 g/mol. The number of piperidine rings is 1. The van der Waals surface area contributed by atoms with Gasteiger partial charge in [-0.25, -0.2) is 17.9 Å². The third-order valence-electron chi connectivity index (χ3n) is 6.31. The van der Waals surface area contributed by atoms with Crippen molar-refractivity contribution in [2.75, 3.05) is 17.5 Å². The number of sulfonamides is 1. The van der Waals surface area contributed by atoms with Crippen LogP contribution in [0.2, 0.25) is 5.02 Å². The van der Waals surface area contributed by atoms with Crippen molar-refractivity contribution >= 4 is 38.9 Å². The minimum absolute atomic E-state index is 0.205. The normalized spacial score (nSPS) is 16.3. The van der Waals surface area contributed by atoms with Crippen LogP contribution in [0.3, 0.4) is 0 Å². The van der Waals surface area contributed by atoms with Gasteiger partial charge in [0.1, 0.15) is 0 Å². The Bertz CT molecular complexity index is 1550. The number of hydrogen-bond donors (Lipinski definition) is 1. The summed E-state index contributed by atoms with van der Waals surface area (Å²) < 4.78 is 28.0. The van der Waals surface area contributed by atoms with Crippen LogP contribution >= 0.6 is 11.6 Å². The summed E-state index contributed by atoms with van der Waals surface area (Å²) in [7, 11) is -3.58. The molecule has 1 unspecified atom stereocenters. The van der Waals surface area contributed by atoms with Crippen molar-refractivity contribution in [2.24, 2.45) is 0 Å². The lowest BCUT2D eigenvalue weighted by atomic mass is 9.98. The second-order valence-electron chi connectivity index (χ2n) is 9.08. The van der Waals surface area contributed by atoms with Crippen LogP contribution in [0.25, 0.3) is 16.9 Å². The number of aromatic nitrogens is 3. The van der Waals surface area contributed by atoms with E-state index in [1.165, 1.54) is 12.1 Å². The van der Waals surface area contributed by atoms with Crippen LogP contribution in [0.15, 0.2) is 60.8 Å². The van der Waals surface area contributed by atoms with Gasteiger partial charge in [-0.15, -0.1) is 0 Å². The van der Waals surface area contributed by atoms with Crippen LogP contribution in [0, 0.1) is 6.92 Å². The van der Waals surface area contributed by atoms with Crippen LogP contribution in [0.4, 0.5) is 5.69 Å². The van der Waals surface area contributed by atoms with Crippen molar-refractivity contribution < 1.29 is 13.2 Å². The van der Waals surface area contributed by atoms with E-state index in [1.54, 1.807) is 15.5 Å². The first-order chi connectivity index (χ1) is 17.2. The number of nitrogens with one attached hydrogen (secondary N) is 1. The van der Waals surface area contributed by atoms with Gasteiger partial charge in [-0.1, -0.05) is 41.9 Å². The number of benzene rings is 2. The molecule has 0 bridgehead atoms. The van der Waals surface area contributed by atoms with Crippen molar-refractivity contribution in [3.63, 3.8) is 0 Å². The Labute approximate surface area is 215 Å². The zero-order valence-corrected chi connectivity index (χ0v) is 21.6. The van der Waals surface area contributed by atoms with Gasteiger partial charge < -0.3 is 4.90 Å². The quantitative estimate of drug-likeness (QED) is 0.392. The number of anilines is 1. The van der Waals surface area contributed by atoms with E-state index in [4.69, 9.17) is 21.7 Å². The van der Waals surface area contributed by atoms with Crippen molar-refractivity contribution in [1.82, 2.24) is 19.5 Å². The Hall–Kier alpha value is -3.43. The topological polar surface area (TPSA) is 96.7 Å². The molecule has 4 aromatic rings. The first kappa shape index (κ1) is 24.3. The molecule has 1 fully saturated rings. The summed E-state index contributed by atoms with van der Waals surface area (Å²) in [6.07, 6.45) is 5.55. The van der Waals surface area contributed by atoms with Gasteiger partial charge in [-0.05, 0) is 49.9 Å². The first-order valence-electron chi connectivity index (χ1n) is 11.7. The zero-order valence-electron chi connectivity index (χ0n) is 20.0. The molecule has 36 heavy (non-hydrogen) atoms. The second kappa shape index (κ2) is 9.55. The van der Waals surface area contributed by atoms with Gasteiger partial charge in [-0.2, -0.15) is 5.10 Å². The fourth-order valence-corrected chi connectivity index (χ4v) is 5.45. The van der Waals surface area contributed by atoms with Crippen LogP contribution in [0.1, 0.15) is 46.9 Å². The van der Waals surface area contributed by atoms with Gasteiger partial charge in [-0.3, -0.25) is 9.52 Å². The SMILES string of the molecule is Cc1cn2nc(C3CCCCN3C(=O)c3cc(Cl)ccc3NS(C)(=O)=O)cc2nc1-c1ccccc1. The molecule has 0 spiro atoms. The molecule has 1 aliphatic heterocycles. The molecule has 8 nitrogen and oxygen atoms in total. The smallest absolute Gasteiger partial charge is 0.256 e. The standard InChI is InChI=1S/C26H26ClN5O3S/c1-17-16-32-24(28-25(17)18-8-4-3-5-9-18)15-22(29-32)23-10-6-7-13-31(23)26(33)20-14-19(27)11-12-21(20)30-36(2,34)35/h3-5,8-9,11-12,14-16,23,30H,6-7,10,13H2,1-2H3. The summed E-state index contributed by atoms with van der Waals surface area (Å²) in [6, 6.07) is 16.2. The third-order valence-corrected chi connectivity index (χ3v) is 7.14. The first-order valence-corrected chi connectivity index (χ1v) is 14.0. The maximum Gasteiger partial charge on any atom is 0.256 e. The second-order valence-corrected chi connectivity index (χ2v) is 11.3. The zero-order chi connectivity index (χ0) is 25.4. The van der Waals surface area contributed by atoms with Gasteiger partial charge in [0.2, 0.25) is 10.0 Å². The van der Waals surface area contributed by atoms with Crippen LogP contribution < -0.4 is 4.72 Å². The molecule has 0 radical (unpaired) electrons. The molecule has 1 N–H and O–H groups in total. The Morgan fingerprint density at radius 2 is 1.89 bits per heavy atom. The number of nitrogens with zero attached hydrogens (tertiary/aromatic N) is 4. The molecular weight excluding hydrogens is 498 g/mol. The number of aryl methyl sites for hydroxylation is 1. The number of likely N-dealkylation sites (tertiary alicyclic amines) is 1. The predicted molar refractivity (Wildman–Crippen MR) is 141 cm³/mol. The molecule has 0 aliphatic carbocycles. The summed E-state index contributed by atoms with van der Waals surface area (Å²) in [5.74, 6) is -0.292. The van der Waals surface area contributed by atoms with Gasteiger partial charge in [0, 0.05) is 29.4 Å². The maximum absolute atomic E-state index is 13.7. The van der Waals surface area contributed by atoms with E-state index in [2.05, 4.69) is 4.72 Å². The summed E-state index contributed by atoms with van der Waals surface area (Å²) in [5.41, 5.74) is 4.79. The maximum atomic E-state index is 13.7. The number of carbonyl (C=O) groups excluding carboxylic acids is 1. The molecule has 0 saturated carbocycles. The molecule has 2 aromatic carbocycles. The molecular formula is C26H26ClN5O3S. The van der Waals surface area contributed by atoms with Crippen molar-refractivity contribution in [3.8, 4) is 11.3 Å². The molecule has 10 heteroatoms. The van der Waals surface area contributed by atoms with Crippen LogP contribution in [-0.2, 0) is 10.0 Å². The summed E-state index contributed by atoms with van der Waals surface area (Å²) in [6.45, 7) is 2.53. The Kier molecular flexibility index (Phi) is 6.44. The average Bonchev–Trinajstić information content (AvgIpc) is 3.26. The highest BCUT2D eigenvalue weighted by Crippen LogP contribution is 2.34. The van der Waals surface area contributed by atoms with E-state index in [0.717, 1.165) is 48.0 Å². The van der Waals surface area contributed by atoms with Gasteiger partial charge in [0.05, 0.1) is 34.9 Å². The minimum Gasteiger partial charge on any atom is -0.330 e. The lowest BCUT2D eigenvalue weighted by molar-refractivity contribution is 0.0607. The Morgan fingerprint density at radius 3 is 2.64 bits per heavy atom. The summed E-state index contributed by atoms with van der Waals surface area (Å²) in [4.78, 5) is 20.3. The van der Waals surface area contributed by atoms with Crippen LogP contribution in [-0.4, -0.2) is 46.6 Å². The van der Waals surface area contributed by atoms with E-state index in [9.17, 15) is 13.2 Å². The van der Waals surface area contributed by atoms with E-state index in [-0.39, 0.29) is 23.2 Å². The number of amides is 1. The number of halogens is 1. The van der Waals surface area contributed by atoms with Gasteiger partial charge in [0.15, 0.2) is 5.65 Å². The highest BCUT2D eigenvalue weighted by Gasteiger charge is 2.32. The predicted octanol–water partition coefficient (Wildman–Crippen LogP) is 5.10.